The van der Waals surface area contributed by atoms with Gasteiger partial charge in [0.15, 0.2) is 0 Å². The molecule has 0 aromatic heterocycles. The molecule has 0 aliphatic carbocycles. The zero-order valence-corrected chi connectivity index (χ0v) is 6.43. The van der Waals surface area contributed by atoms with Gasteiger partial charge in [-0.2, -0.15) is 8.42 Å². The molecule has 0 spiro atoms. The Bertz CT molecular complexity index is 160. The first-order chi connectivity index (χ1) is 4.62. The summed E-state index contributed by atoms with van der Waals surface area (Å²) in [5.41, 5.74) is 0. The number of rotatable bonds is 5. The van der Waals surface area contributed by atoms with E-state index in [1.54, 1.807) is 0 Å². The summed E-state index contributed by atoms with van der Waals surface area (Å²) in [6.07, 6.45) is 1.43. The van der Waals surface area contributed by atoms with Crippen LogP contribution in [0.1, 0.15) is 19.8 Å². The summed E-state index contributed by atoms with van der Waals surface area (Å²) in [7, 11) is -4.14. The first-order valence-electron chi connectivity index (χ1n) is 2.85. The van der Waals surface area contributed by atoms with E-state index in [0.29, 0.717) is 6.42 Å². The normalized spacial score (nSPS) is 11.8. The van der Waals surface area contributed by atoms with E-state index in [1.807, 2.05) is 6.92 Å². The Kier molecular flexibility index (Phi) is 4.54. The molecule has 1 N–H and O–H groups in total. The van der Waals surface area contributed by atoms with Gasteiger partial charge >= 0.3 is 10.4 Å². The van der Waals surface area contributed by atoms with E-state index in [9.17, 15) is 8.42 Å². The summed E-state index contributed by atoms with van der Waals surface area (Å²) in [5.74, 6) is 0. The van der Waals surface area contributed by atoms with Crippen molar-refractivity contribution in [2.45, 2.75) is 19.8 Å². The molecule has 10 heavy (non-hydrogen) atoms. The fourth-order valence-corrected chi connectivity index (χ4v) is 0.692. The Morgan fingerprint density at radius 2 is 2.10 bits per heavy atom. The summed E-state index contributed by atoms with van der Waals surface area (Å²) in [5, 5.41) is 7.68. The van der Waals surface area contributed by atoms with E-state index in [2.05, 4.69) is 8.52 Å². The molecule has 0 aromatic carbocycles. The lowest BCUT2D eigenvalue weighted by molar-refractivity contribution is -0.142. The summed E-state index contributed by atoms with van der Waals surface area (Å²) < 4.78 is 27.5. The maximum Gasteiger partial charge on any atom is 0.426 e. The SMILES string of the molecule is CCCCOS(=O)(=O)OO. The highest BCUT2D eigenvalue weighted by Crippen LogP contribution is 1.95. The monoisotopic (exact) mass is 170 g/mol. The van der Waals surface area contributed by atoms with Gasteiger partial charge in [-0.25, -0.2) is 9.44 Å². The van der Waals surface area contributed by atoms with Gasteiger partial charge in [-0.3, -0.25) is 0 Å². The van der Waals surface area contributed by atoms with Crippen molar-refractivity contribution in [1.82, 2.24) is 0 Å². The standard InChI is InChI=1S/C4H10O5S/c1-2-3-4-8-10(6,7)9-5/h5H,2-4H2,1H3. The predicted octanol–water partition coefficient (Wildman–Crippen LogP) is 0.538. The number of hydrogen-bond acceptors (Lipinski definition) is 5. The van der Waals surface area contributed by atoms with Gasteiger partial charge in [0.05, 0.1) is 6.61 Å². The van der Waals surface area contributed by atoms with E-state index in [4.69, 9.17) is 5.26 Å². The van der Waals surface area contributed by atoms with Crippen LogP contribution in [0.5, 0.6) is 0 Å². The Labute approximate surface area is 59.8 Å². The Hall–Kier alpha value is -0.170. The second kappa shape index (κ2) is 4.62. The summed E-state index contributed by atoms with van der Waals surface area (Å²) in [6, 6.07) is 0. The first kappa shape index (κ1) is 9.83. The Balaban J connectivity index is 3.49. The summed E-state index contributed by atoms with van der Waals surface area (Å²) in [4.78, 5) is 0. The average molecular weight is 170 g/mol. The van der Waals surface area contributed by atoms with Crippen LogP contribution in [-0.2, 0) is 18.9 Å². The van der Waals surface area contributed by atoms with E-state index in [0.717, 1.165) is 6.42 Å². The molecular formula is C4H10O5S. The van der Waals surface area contributed by atoms with Crippen molar-refractivity contribution in [2.24, 2.45) is 0 Å². The van der Waals surface area contributed by atoms with Gasteiger partial charge in [0.25, 0.3) is 0 Å². The summed E-state index contributed by atoms with van der Waals surface area (Å²) >= 11 is 0. The molecule has 0 bridgehead atoms. The van der Waals surface area contributed by atoms with Crippen LogP contribution >= 0.6 is 0 Å². The van der Waals surface area contributed by atoms with Gasteiger partial charge in [0.1, 0.15) is 0 Å². The maximum atomic E-state index is 10.2. The van der Waals surface area contributed by atoms with Gasteiger partial charge in [-0.1, -0.05) is 17.7 Å². The largest absolute Gasteiger partial charge is 0.426 e. The van der Waals surface area contributed by atoms with E-state index in [-0.39, 0.29) is 6.61 Å². The molecular weight excluding hydrogens is 160 g/mol. The van der Waals surface area contributed by atoms with Crippen molar-refractivity contribution in [3.05, 3.63) is 0 Å². The molecule has 0 aromatic rings. The third kappa shape index (κ3) is 4.68. The quantitative estimate of drug-likeness (QED) is 0.370. The minimum absolute atomic E-state index is 0.0411. The zero-order valence-electron chi connectivity index (χ0n) is 5.61. The van der Waals surface area contributed by atoms with Crippen molar-refractivity contribution in [3.63, 3.8) is 0 Å². The average Bonchev–Trinajstić information content (AvgIpc) is 1.89. The molecule has 62 valence electrons. The van der Waals surface area contributed by atoms with Crippen LogP contribution in [0.15, 0.2) is 0 Å². The molecule has 0 radical (unpaired) electrons. The van der Waals surface area contributed by atoms with Gasteiger partial charge in [0.2, 0.25) is 0 Å². The maximum absolute atomic E-state index is 10.2. The van der Waals surface area contributed by atoms with Crippen molar-refractivity contribution in [3.8, 4) is 0 Å². The van der Waals surface area contributed by atoms with Gasteiger partial charge < -0.3 is 0 Å². The second-order valence-corrected chi connectivity index (χ2v) is 2.86. The van der Waals surface area contributed by atoms with Crippen molar-refractivity contribution >= 4 is 10.4 Å². The molecule has 0 aliphatic rings. The highest BCUT2D eigenvalue weighted by atomic mass is 32.3. The third-order valence-electron chi connectivity index (χ3n) is 0.817. The first-order valence-corrected chi connectivity index (χ1v) is 4.18. The molecule has 0 heterocycles. The molecule has 6 heteroatoms. The molecule has 5 nitrogen and oxygen atoms in total. The van der Waals surface area contributed by atoms with Crippen LogP contribution in [0.4, 0.5) is 0 Å². The van der Waals surface area contributed by atoms with Gasteiger partial charge in [0, 0.05) is 0 Å². The predicted molar refractivity (Wildman–Crippen MR) is 33.5 cm³/mol. The van der Waals surface area contributed by atoms with Gasteiger partial charge in [-0.05, 0) is 6.42 Å². The van der Waals surface area contributed by atoms with Crippen molar-refractivity contribution in [1.29, 1.82) is 0 Å². The molecule has 0 saturated heterocycles. The summed E-state index contributed by atoms with van der Waals surface area (Å²) in [6.45, 7) is 1.93. The van der Waals surface area contributed by atoms with E-state index >= 15 is 0 Å². The molecule has 0 fully saturated rings. The smallest absolute Gasteiger partial charge is 0.246 e. The van der Waals surface area contributed by atoms with Crippen LogP contribution in [0.3, 0.4) is 0 Å². The minimum atomic E-state index is -4.14. The Morgan fingerprint density at radius 1 is 1.50 bits per heavy atom. The molecule has 0 amide bonds. The molecule has 0 saturated carbocycles. The van der Waals surface area contributed by atoms with E-state index < -0.39 is 10.4 Å². The Morgan fingerprint density at radius 3 is 2.50 bits per heavy atom. The highest BCUT2D eigenvalue weighted by molar-refractivity contribution is 7.81. The second-order valence-electron chi connectivity index (χ2n) is 1.66. The lowest BCUT2D eigenvalue weighted by Gasteiger charge is -1.97. The third-order valence-corrected chi connectivity index (χ3v) is 1.45. The minimum Gasteiger partial charge on any atom is -0.246 e. The van der Waals surface area contributed by atoms with Crippen LogP contribution in [0.25, 0.3) is 0 Å². The molecule has 0 aliphatic heterocycles. The van der Waals surface area contributed by atoms with Crippen LogP contribution in [-0.4, -0.2) is 20.3 Å². The number of unbranched alkanes of at least 4 members (excludes halogenated alkanes) is 1. The number of hydrogen-bond donors (Lipinski definition) is 1. The van der Waals surface area contributed by atoms with E-state index in [1.165, 1.54) is 0 Å². The zero-order chi connectivity index (χ0) is 8.04. The van der Waals surface area contributed by atoms with Crippen LogP contribution < -0.4 is 0 Å². The fourth-order valence-electron chi connectivity index (χ4n) is 0.327. The fraction of sp³-hybridized carbons (Fsp3) is 1.00. The van der Waals surface area contributed by atoms with Crippen LogP contribution in [0.2, 0.25) is 0 Å². The highest BCUT2D eigenvalue weighted by Gasteiger charge is 2.08. The lowest BCUT2D eigenvalue weighted by atomic mass is 10.4. The molecule has 0 rings (SSSR count). The molecule has 0 unspecified atom stereocenters. The van der Waals surface area contributed by atoms with Gasteiger partial charge in [-0.15, -0.1) is 0 Å². The topological polar surface area (TPSA) is 72.8 Å². The van der Waals surface area contributed by atoms with Crippen molar-refractivity contribution < 1.29 is 22.2 Å². The van der Waals surface area contributed by atoms with Crippen LogP contribution in [0, 0.1) is 0 Å². The van der Waals surface area contributed by atoms with Crippen molar-refractivity contribution in [2.75, 3.05) is 6.61 Å². The lowest BCUT2D eigenvalue weighted by Crippen LogP contribution is -2.08. The molecule has 0 atom stereocenters.